The van der Waals surface area contributed by atoms with Gasteiger partial charge in [-0.1, -0.05) is 31.6 Å². The van der Waals surface area contributed by atoms with Gasteiger partial charge in [0, 0.05) is 5.56 Å². The molecule has 1 unspecified atom stereocenters. The first kappa shape index (κ1) is 28.3. The fourth-order valence-corrected chi connectivity index (χ4v) is 4.71. The third-order valence-corrected chi connectivity index (χ3v) is 6.72. The Hall–Kier alpha value is -3.75. The zero-order valence-electron chi connectivity index (χ0n) is 21.4. The lowest BCUT2D eigenvalue weighted by Crippen LogP contribution is -2.14. The monoisotopic (exact) mass is 548 g/mol. The number of hydrogen-bond donors (Lipinski definition) is 0. The van der Waals surface area contributed by atoms with Gasteiger partial charge in [0.05, 0.1) is 12.2 Å². The molecule has 4 rings (SSSR count). The molecular formula is C30H26F6O3. The molecule has 0 saturated heterocycles. The molecule has 0 amide bonds. The van der Waals surface area contributed by atoms with Gasteiger partial charge >= 0.3 is 5.97 Å². The normalized spacial score (nSPS) is 15.2. The Kier molecular flexibility index (Phi) is 8.67. The Labute approximate surface area is 222 Å². The van der Waals surface area contributed by atoms with Crippen LogP contribution in [0.1, 0.15) is 72.5 Å². The molecule has 0 radical (unpaired) electrons. The van der Waals surface area contributed by atoms with Crippen LogP contribution >= 0.6 is 0 Å². The van der Waals surface area contributed by atoms with E-state index in [1.807, 2.05) is 0 Å². The van der Waals surface area contributed by atoms with E-state index in [1.54, 1.807) is 19.9 Å². The van der Waals surface area contributed by atoms with Crippen molar-refractivity contribution in [2.24, 2.45) is 0 Å². The van der Waals surface area contributed by atoms with Gasteiger partial charge in [-0.25, -0.2) is 22.4 Å². The van der Waals surface area contributed by atoms with E-state index in [1.165, 1.54) is 24.3 Å². The smallest absolute Gasteiger partial charge is 0.346 e. The number of carbonyl (C=O) groups is 1. The van der Waals surface area contributed by atoms with Gasteiger partial charge < -0.3 is 9.47 Å². The molecule has 9 heteroatoms. The van der Waals surface area contributed by atoms with Gasteiger partial charge in [0.25, 0.3) is 0 Å². The minimum absolute atomic E-state index is 0.0785. The molecule has 0 aliphatic heterocycles. The predicted molar refractivity (Wildman–Crippen MR) is 134 cm³/mol. The van der Waals surface area contributed by atoms with Crippen molar-refractivity contribution in [3.8, 4) is 11.5 Å². The summed E-state index contributed by atoms with van der Waals surface area (Å²) >= 11 is 0. The molecule has 39 heavy (non-hydrogen) atoms. The summed E-state index contributed by atoms with van der Waals surface area (Å²) in [6.45, 7) is 3.63. The highest BCUT2D eigenvalue weighted by atomic mass is 19.2. The van der Waals surface area contributed by atoms with E-state index in [9.17, 15) is 31.1 Å². The first-order valence-corrected chi connectivity index (χ1v) is 12.6. The zero-order valence-corrected chi connectivity index (χ0v) is 21.4. The van der Waals surface area contributed by atoms with Crippen LogP contribution < -0.4 is 9.47 Å². The summed E-state index contributed by atoms with van der Waals surface area (Å²) in [6.07, 6.45) is 3.32. The Balaban J connectivity index is 1.51. The third kappa shape index (κ3) is 5.67. The zero-order chi connectivity index (χ0) is 28.3. The van der Waals surface area contributed by atoms with Crippen LogP contribution in [0.25, 0.3) is 5.57 Å². The predicted octanol–water partition coefficient (Wildman–Crippen LogP) is 8.44. The molecule has 0 aromatic heterocycles. The number of halogens is 6. The summed E-state index contributed by atoms with van der Waals surface area (Å²) in [5, 5.41) is 0. The minimum atomic E-state index is -1.47. The van der Waals surface area contributed by atoms with Crippen molar-refractivity contribution in [3.63, 3.8) is 0 Å². The van der Waals surface area contributed by atoms with Crippen LogP contribution in [0.2, 0.25) is 0 Å². The SMILES string of the molecule is CCCc1ccc(C(=O)Oc2ccc(C3=CCC(c4ccc(OCC)c(F)c4F)CC3)c(F)c2F)c(F)c1F. The van der Waals surface area contributed by atoms with Gasteiger partial charge in [-0.05, 0) is 79.5 Å². The van der Waals surface area contributed by atoms with Crippen molar-refractivity contribution in [3.05, 3.63) is 99.6 Å². The fraction of sp³-hybridized carbons (Fsp3) is 0.300. The lowest BCUT2D eigenvalue weighted by atomic mass is 9.82. The number of allylic oxidation sites excluding steroid dienone is 2. The van der Waals surface area contributed by atoms with E-state index in [-0.39, 0.29) is 54.2 Å². The second-order valence-corrected chi connectivity index (χ2v) is 9.19. The average molecular weight is 549 g/mol. The molecule has 1 atom stereocenters. The second-order valence-electron chi connectivity index (χ2n) is 9.19. The Morgan fingerprint density at radius 2 is 1.54 bits per heavy atom. The molecule has 3 nitrogen and oxygen atoms in total. The number of rotatable bonds is 8. The molecule has 0 bridgehead atoms. The fourth-order valence-electron chi connectivity index (χ4n) is 4.71. The van der Waals surface area contributed by atoms with E-state index in [4.69, 9.17) is 9.47 Å². The first-order valence-electron chi connectivity index (χ1n) is 12.6. The summed E-state index contributed by atoms with van der Waals surface area (Å²) in [7, 11) is 0. The van der Waals surface area contributed by atoms with Crippen molar-refractivity contribution < 1.29 is 40.6 Å². The average Bonchev–Trinajstić information content (AvgIpc) is 2.93. The molecule has 1 aliphatic rings. The number of aryl methyl sites for hydroxylation is 1. The second kappa shape index (κ2) is 12.0. The highest BCUT2D eigenvalue weighted by Gasteiger charge is 2.27. The van der Waals surface area contributed by atoms with Crippen molar-refractivity contribution in [1.29, 1.82) is 0 Å². The summed E-state index contributed by atoms with van der Waals surface area (Å²) in [4.78, 5) is 12.4. The van der Waals surface area contributed by atoms with Crippen molar-refractivity contribution >= 4 is 11.5 Å². The lowest BCUT2D eigenvalue weighted by molar-refractivity contribution is 0.0720. The van der Waals surface area contributed by atoms with Crippen LogP contribution in [-0.4, -0.2) is 12.6 Å². The number of ether oxygens (including phenoxy) is 2. The van der Waals surface area contributed by atoms with Crippen LogP contribution in [0.15, 0.2) is 42.5 Å². The largest absolute Gasteiger partial charge is 0.491 e. The summed E-state index contributed by atoms with van der Waals surface area (Å²) in [6, 6.07) is 7.35. The van der Waals surface area contributed by atoms with Gasteiger partial charge in [-0.15, -0.1) is 0 Å². The number of benzene rings is 3. The molecule has 0 heterocycles. The maximum absolute atomic E-state index is 15.0. The maximum atomic E-state index is 15.0. The highest BCUT2D eigenvalue weighted by molar-refractivity contribution is 5.91. The number of esters is 1. The topological polar surface area (TPSA) is 35.5 Å². The third-order valence-electron chi connectivity index (χ3n) is 6.72. The van der Waals surface area contributed by atoms with Gasteiger partial charge in [-0.3, -0.25) is 0 Å². The summed E-state index contributed by atoms with van der Waals surface area (Å²) in [5.41, 5.74) is -0.106. The van der Waals surface area contributed by atoms with E-state index in [0.29, 0.717) is 18.4 Å². The Bertz CT molecular complexity index is 1430. The lowest BCUT2D eigenvalue weighted by Gasteiger charge is -2.24. The molecule has 3 aromatic rings. The highest BCUT2D eigenvalue weighted by Crippen LogP contribution is 2.40. The van der Waals surface area contributed by atoms with Crippen LogP contribution in [0.4, 0.5) is 26.3 Å². The Morgan fingerprint density at radius 1 is 0.821 bits per heavy atom. The van der Waals surface area contributed by atoms with Crippen LogP contribution in [-0.2, 0) is 6.42 Å². The number of carbonyl (C=O) groups excluding carboxylic acids is 1. The summed E-state index contributed by atoms with van der Waals surface area (Å²) in [5.74, 6) is -10.1. The minimum Gasteiger partial charge on any atom is -0.491 e. The van der Waals surface area contributed by atoms with E-state index >= 15 is 0 Å². The van der Waals surface area contributed by atoms with Gasteiger partial charge in [0.2, 0.25) is 11.6 Å². The number of hydrogen-bond acceptors (Lipinski definition) is 3. The molecule has 0 spiro atoms. The van der Waals surface area contributed by atoms with Crippen LogP contribution in [0, 0.1) is 34.9 Å². The Morgan fingerprint density at radius 3 is 2.21 bits per heavy atom. The van der Waals surface area contributed by atoms with Crippen molar-refractivity contribution in [1.82, 2.24) is 0 Å². The van der Waals surface area contributed by atoms with E-state index < -0.39 is 52.2 Å². The van der Waals surface area contributed by atoms with Crippen molar-refractivity contribution in [2.75, 3.05) is 6.61 Å². The molecule has 0 N–H and O–H groups in total. The van der Waals surface area contributed by atoms with Gasteiger partial charge in [0.15, 0.2) is 34.8 Å². The molecular weight excluding hydrogens is 522 g/mol. The quantitative estimate of drug-likeness (QED) is 0.161. The molecule has 0 fully saturated rings. The molecule has 206 valence electrons. The summed E-state index contributed by atoms with van der Waals surface area (Å²) < 4.78 is 97.2. The first-order chi connectivity index (χ1) is 18.7. The van der Waals surface area contributed by atoms with E-state index in [0.717, 1.165) is 12.1 Å². The van der Waals surface area contributed by atoms with E-state index in [2.05, 4.69) is 0 Å². The standard InChI is InChI=1S/C30H26F6O3/c1-3-5-18-10-11-21(27(34)24(18)31)30(37)39-23-15-13-20(26(33)29(23)36)17-8-6-16(7-9-17)19-12-14-22(38-4-2)28(35)25(19)32/h8,10-16H,3-7,9H2,1-2H3. The molecule has 3 aromatic carbocycles. The molecule has 1 aliphatic carbocycles. The van der Waals surface area contributed by atoms with Crippen LogP contribution in [0.5, 0.6) is 11.5 Å². The van der Waals surface area contributed by atoms with Crippen LogP contribution in [0.3, 0.4) is 0 Å². The van der Waals surface area contributed by atoms with Crippen molar-refractivity contribution in [2.45, 2.75) is 51.9 Å². The van der Waals surface area contributed by atoms with Gasteiger partial charge in [-0.2, -0.15) is 8.78 Å². The van der Waals surface area contributed by atoms with Gasteiger partial charge in [0.1, 0.15) is 0 Å². The molecule has 0 saturated carbocycles. The maximum Gasteiger partial charge on any atom is 0.346 e.